The second kappa shape index (κ2) is 12.8. The summed E-state index contributed by atoms with van der Waals surface area (Å²) in [6.07, 6.45) is 0.387. The molecule has 0 aromatic rings. The van der Waals surface area contributed by atoms with Gasteiger partial charge in [-0.1, -0.05) is 0 Å². The molecule has 0 amide bonds. The van der Waals surface area contributed by atoms with Gasteiger partial charge in [0.1, 0.15) is 0 Å². The van der Waals surface area contributed by atoms with Crippen LogP contribution in [0.15, 0.2) is 0 Å². The molecule has 6 nitrogen and oxygen atoms in total. The van der Waals surface area contributed by atoms with Crippen molar-refractivity contribution in [1.82, 2.24) is 4.90 Å². The predicted octanol–water partition coefficient (Wildman–Crippen LogP) is 0.161. The highest BCUT2D eigenvalue weighted by molar-refractivity contribution is 5.69. The summed E-state index contributed by atoms with van der Waals surface area (Å²) >= 11 is 0. The van der Waals surface area contributed by atoms with E-state index in [1.165, 1.54) is 7.11 Å². The lowest BCUT2D eigenvalue weighted by Crippen LogP contribution is -2.33. The van der Waals surface area contributed by atoms with Crippen LogP contribution in [0, 0.1) is 0 Å². The first-order valence-electron chi connectivity index (χ1n) is 6.09. The van der Waals surface area contributed by atoms with Crippen LogP contribution in [0.1, 0.15) is 6.42 Å². The van der Waals surface area contributed by atoms with Crippen LogP contribution in [0.3, 0.4) is 0 Å². The fourth-order valence-corrected chi connectivity index (χ4v) is 1.35. The summed E-state index contributed by atoms with van der Waals surface area (Å²) in [7, 11) is 4.70. The van der Waals surface area contributed by atoms with Gasteiger partial charge in [-0.15, -0.1) is 0 Å². The highest BCUT2D eigenvalue weighted by Crippen LogP contribution is 1.94. The maximum Gasteiger partial charge on any atom is 0.306 e. The van der Waals surface area contributed by atoms with Gasteiger partial charge in [0.05, 0.1) is 40.0 Å². The molecule has 0 rings (SSSR count). The number of rotatable bonds is 12. The van der Waals surface area contributed by atoms with Crippen LogP contribution in [0.2, 0.25) is 0 Å². The molecule has 0 aliphatic heterocycles. The van der Waals surface area contributed by atoms with Crippen molar-refractivity contribution in [1.29, 1.82) is 0 Å². The van der Waals surface area contributed by atoms with Crippen molar-refractivity contribution >= 4 is 5.97 Å². The minimum absolute atomic E-state index is 0.197. The van der Waals surface area contributed by atoms with Crippen molar-refractivity contribution < 1.29 is 23.7 Å². The minimum Gasteiger partial charge on any atom is -0.469 e. The zero-order valence-corrected chi connectivity index (χ0v) is 11.6. The second-order valence-electron chi connectivity index (χ2n) is 3.77. The van der Waals surface area contributed by atoms with Gasteiger partial charge < -0.3 is 18.9 Å². The van der Waals surface area contributed by atoms with E-state index in [2.05, 4.69) is 9.64 Å². The van der Waals surface area contributed by atoms with Crippen LogP contribution < -0.4 is 0 Å². The Hall–Kier alpha value is -0.690. The van der Waals surface area contributed by atoms with E-state index in [0.29, 0.717) is 39.4 Å². The van der Waals surface area contributed by atoms with Crippen molar-refractivity contribution in [3.05, 3.63) is 0 Å². The van der Waals surface area contributed by atoms with Crippen LogP contribution in [0.25, 0.3) is 0 Å². The number of carbonyl (C=O) groups excluding carboxylic acids is 1. The van der Waals surface area contributed by atoms with Gasteiger partial charge in [-0.05, 0) is 0 Å². The third kappa shape index (κ3) is 10.5. The fourth-order valence-electron chi connectivity index (χ4n) is 1.35. The summed E-state index contributed by atoms with van der Waals surface area (Å²) in [5.41, 5.74) is 0. The Labute approximate surface area is 109 Å². The Morgan fingerprint density at radius 3 is 2.17 bits per heavy atom. The minimum atomic E-state index is -0.197. The average molecular weight is 263 g/mol. The van der Waals surface area contributed by atoms with Crippen LogP contribution in [-0.2, 0) is 23.7 Å². The van der Waals surface area contributed by atoms with Crippen LogP contribution >= 0.6 is 0 Å². The molecule has 0 spiro atoms. The third-order valence-electron chi connectivity index (χ3n) is 2.46. The van der Waals surface area contributed by atoms with Gasteiger partial charge in [0, 0.05) is 33.9 Å². The maximum atomic E-state index is 11.1. The zero-order valence-electron chi connectivity index (χ0n) is 11.6. The quantitative estimate of drug-likeness (QED) is 0.369. The number of ether oxygens (including phenoxy) is 4. The zero-order chi connectivity index (χ0) is 13.6. The van der Waals surface area contributed by atoms with E-state index in [-0.39, 0.29) is 5.97 Å². The summed E-state index contributed by atoms with van der Waals surface area (Å²) in [5.74, 6) is -0.197. The molecular weight excluding hydrogens is 238 g/mol. The molecule has 0 bridgehead atoms. The Morgan fingerprint density at radius 2 is 1.56 bits per heavy atom. The van der Waals surface area contributed by atoms with Gasteiger partial charge in [-0.3, -0.25) is 9.69 Å². The SMILES string of the molecule is COCCOCCN(CCOC)CCC(=O)OC. The van der Waals surface area contributed by atoms with Crippen molar-refractivity contribution in [2.75, 3.05) is 67.4 Å². The first-order valence-corrected chi connectivity index (χ1v) is 6.09. The molecule has 0 fully saturated rings. The van der Waals surface area contributed by atoms with E-state index in [4.69, 9.17) is 14.2 Å². The lowest BCUT2D eigenvalue weighted by atomic mass is 10.3. The largest absolute Gasteiger partial charge is 0.469 e. The Kier molecular flexibility index (Phi) is 12.3. The first-order chi connectivity index (χ1) is 8.74. The molecule has 0 heterocycles. The standard InChI is InChI=1S/C12H25NO5/c1-15-8-6-13(5-4-12(14)17-3)7-9-18-11-10-16-2/h4-11H2,1-3H3. The molecule has 6 heteroatoms. The van der Waals surface area contributed by atoms with Gasteiger partial charge in [-0.2, -0.15) is 0 Å². The highest BCUT2D eigenvalue weighted by Gasteiger charge is 2.08. The van der Waals surface area contributed by atoms with E-state index in [0.717, 1.165) is 13.1 Å². The monoisotopic (exact) mass is 263 g/mol. The molecule has 0 aromatic heterocycles. The van der Waals surface area contributed by atoms with E-state index in [9.17, 15) is 4.79 Å². The molecule has 0 aromatic carbocycles. The predicted molar refractivity (Wildman–Crippen MR) is 67.6 cm³/mol. The maximum absolute atomic E-state index is 11.1. The summed E-state index contributed by atoms with van der Waals surface area (Å²) in [6, 6.07) is 0. The number of methoxy groups -OCH3 is 3. The van der Waals surface area contributed by atoms with Gasteiger partial charge in [0.2, 0.25) is 0 Å². The Bertz CT molecular complexity index is 201. The van der Waals surface area contributed by atoms with E-state index in [1.807, 2.05) is 0 Å². The van der Waals surface area contributed by atoms with Gasteiger partial charge >= 0.3 is 5.97 Å². The molecule has 0 N–H and O–H groups in total. The fraction of sp³-hybridized carbons (Fsp3) is 0.917. The molecule has 0 saturated carbocycles. The summed E-state index contributed by atoms with van der Waals surface area (Å²) in [5, 5.41) is 0. The van der Waals surface area contributed by atoms with Crippen LogP contribution in [-0.4, -0.2) is 78.3 Å². The molecular formula is C12H25NO5. The van der Waals surface area contributed by atoms with Crippen molar-refractivity contribution in [2.24, 2.45) is 0 Å². The van der Waals surface area contributed by atoms with Crippen molar-refractivity contribution in [3.8, 4) is 0 Å². The second-order valence-corrected chi connectivity index (χ2v) is 3.77. The number of nitrogens with zero attached hydrogens (tertiary/aromatic N) is 1. The van der Waals surface area contributed by atoms with Crippen molar-refractivity contribution in [2.45, 2.75) is 6.42 Å². The molecule has 0 unspecified atom stereocenters. The van der Waals surface area contributed by atoms with Gasteiger partial charge in [0.15, 0.2) is 0 Å². The van der Waals surface area contributed by atoms with Gasteiger partial charge in [-0.25, -0.2) is 0 Å². The summed E-state index contributed by atoms with van der Waals surface area (Å²) < 4.78 is 19.9. The van der Waals surface area contributed by atoms with E-state index in [1.54, 1.807) is 14.2 Å². The molecule has 0 atom stereocenters. The van der Waals surface area contributed by atoms with E-state index >= 15 is 0 Å². The van der Waals surface area contributed by atoms with Crippen LogP contribution in [0.5, 0.6) is 0 Å². The topological polar surface area (TPSA) is 57.2 Å². The summed E-state index contributed by atoms with van der Waals surface area (Å²) in [6.45, 7) is 4.65. The Morgan fingerprint density at radius 1 is 0.889 bits per heavy atom. The first kappa shape index (κ1) is 17.3. The third-order valence-corrected chi connectivity index (χ3v) is 2.46. The number of hydrogen-bond donors (Lipinski definition) is 0. The normalized spacial score (nSPS) is 10.9. The lowest BCUT2D eigenvalue weighted by Gasteiger charge is -2.21. The molecule has 0 radical (unpaired) electrons. The molecule has 0 aliphatic rings. The van der Waals surface area contributed by atoms with Crippen LogP contribution in [0.4, 0.5) is 0 Å². The number of hydrogen-bond acceptors (Lipinski definition) is 6. The van der Waals surface area contributed by atoms with E-state index < -0.39 is 0 Å². The molecule has 108 valence electrons. The van der Waals surface area contributed by atoms with Crippen molar-refractivity contribution in [3.63, 3.8) is 0 Å². The molecule has 0 aliphatic carbocycles. The molecule has 0 saturated heterocycles. The number of carbonyl (C=O) groups is 1. The summed E-state index contributed by atoms with van der Waals surface area (Å²) in [4.78, 5) is 13.2. The smallest absolute Gasteiger partial charge is 0.306 e. The highest BCUT2D eigenvalue weighted by atomic mass is 16.5. The average Bonchev–Trinajstić information content (AvgIpc) is 2.40. The lowest BCUT2D eigenvalue weighted by molar-refractivity contribution is -0.141. The van der Waals surface area contributed by atoms with Gasteiger partial charge in [0.25, 0.3) is 0 Å². The Balaban J connectivity index is 3.72. The molecule has 18 heavy (non-hydrogen) atoms. The number of esters is 1.